The number of halogens is 3. The number of aromatic hydroxyl groups is 1. The van der Waals surface area contributed by atoms with Crippen molar-refractivity contribution in [1.29, 1.82) is 0 Å². The molecule has 1 rings (SSSR count). The van der Waals surface area contributed by atoms with Crippen molar-refractivity contribution < 1.29 is 23.0 Å². The van der Waals surface area contributed by atoms with E-state index in [4.69, 9.17) is 4.74 Å². The number of phenolic OH excluding ortho intramolecular Hbond substituents is 1. The van der Waals surface area contributed by atoms with E-state index in [1.165, 1.54) is 19.2 Å². The Morgan fingerprint density at radius 1 is 1.38 bits per heavy atom. The van der Waals surface area contributed by atoms with Crippen molar-refractivity contribution in [2.24, 2.45) is 0 Å². The number of methoxy groups -OCH3 is 1. The average Bonchev–Trinajstić information content (AvgIpc) is 2.16. The number of alkyl halides is 3. The van der Waals surface area contributed by atoms with E-state index in [9.17, 15) is 18.3 Å². The molecule has 0 aromatic heterocycles. The van der Waals surface area contributed by atoms with Crippen LogP contribution in [0.5, 0.6) is 11.5 Å². The molecule has 0 aliphatic carbocycles. The molecule has 0 atom stereocenters. The number of phenols is 1. The number of ether oxygens (including phenoxy) is 1. The summed E-state index contributed by atoms with van der Waals surface area (Å²) in [7, 11) is 1.40. The molecule has 1 aromatic rings. The van der Waals surface area contributed by atoms with Crippen LogP contribution in [-0.4, -0.2) is 24.9 Å². The van der Waals surface area contributed by atoms with Gasteiger partial charge in [-0.05, 0) is 17.7 Å². The summed E-state index contributed by atoms with van der Waals surface area (Å²) in [5.41, 5.74) is 0.558. The molecule has 0 aliphatic heterocycles. The number of benzene rings is 1. The minimum Gasteiger partial charge on any atom is -0.504 e. The van der Waals surface area contributed by atoms with Gasteiger partial charge >= 0.3 is 6.18 Å². The minimum atomic E-state index is -4.23. The smallest absolute Gasteiger partial charge is 0.401 e. The van der Waals surface area contributed by atoms with E-state index < -0.39 is 12.7 Å². The maximum atomic E-state index is 11.8. The summed E-state index contributed by atoms with van der Waals surface area (Å²) in [6.07, 6.45) is -4.23. The second-order valence-electron chi connectivity index (χ2n) is 3.22. The van der Waals surface area contributed by atoms with Gasteiger partial charge in [0.25, 0.3) is 0 Å². The Hall–Kier alpha value is -1.43. The molecule has 0 spiro atoms. The Morgan fingerprint density at radius 2 is 2.06 bits per heavy atom. The van der Waals surface area contributed by atoms with Crippen molar-refractivity contribution in [3.8, 4) is 11.5 Å². The van der Waals surface area contributed by atoms with E-state index >= 15 is 0 Å². The highest BCUT2D eigenvalue weighted by molar-refractivity contribution is 5.41. The van der Waals surface area contributed by atoms with Crippen LogP contribution in [0.3, 0.4) is 0 Å². The molecule has 0 radical (unpaired) electrons. The van der Waals surface area contributed by atoms with Crippen LogP contribution in [-0.2, 0) is 6.54 Å². The summed E-state index contributed by atoms with van der Waals surface area (Å²) in [6.45, 7) is -1.02. The van der Waals surface area contributed by atoms with Crippen molar-refractivity contribution in [2.75, 3.05) is 13.7 Å². The van der Waals surface area contributed by atoms with Crippen molar-refractivity contribution in [3.05, 3.63) is 23.8 Å². The normalized spacial score (nSPS) is 11.5. The summed E-state index contributed by atoms with van der Waals surface area (Å²) < 4.78 is 40.3. The third-order valence-electron chi connectivity index (χ3n) is 1.90. The predicted molar refractivity (Wildman–Crippen MR) is 52.4 cm³/mol. The largest absolute Gasteiger partial charge is 0.504 e. The van der Waals surface area contributed by atoms with Gasteiger partial charge in [0.2, 0.25) is 0 Å². The Kier molecular flexibility index (Phi) is 4.00. The van der Waals surface area contributed by atoms with E-state index in [1.807, 2.05) is 0 Å². The van der Waals surface area contributed by atoms with Crippen LogP contribution >= 0.6 is 0 Å². The fourth-order valence-corrected chi connectivity index (χ4v) is 1.19. The Balaban J connectivity index is 2.52. The third-order valence-corrected chi connectivity index (χ3v) is 1.90. The van der Waals surface area contributed by atoms with E-state index in [2.05, 4.69) is 5.32 Å². The lowest BCUT2D eigenvalue weighted by atomic mass is 10.2. The summed E-state index contributed by atoms with van der Waals surface area (Å²) in [5.74, 6) is 0.202. The first kappa shape index (κ1) is 12.6. The van der Waals surface area contributed by atoms with E-state index in [0.29, 0.717) is 11.3 Å². The fourth-order valence-electron chi connectivity index (χ4n) is 1.19. The molecule has 0 unspecified atom stereocenters. The molecule has 90 valence electrons. The molecule has 1 aromatic carbocycles. The van der Waals surface area contributed by atoms with Gasteiger partial charge in [-0.2, -0.15) is 13.2 Å². The van der Waals surface area contributed by atoms with Gasteiger partial charge in [-0.1, -0.05) is 6.07 Å². The second-order valence-corrected chi connectivity index (χ2v) is 3.22. The molecule has 3 nitrogen and oxygen atoms in total. The lowest BCUT2D eigenvalue weighted by Crippen LogP contribution is -2.28. The van der Waals surface area contributed by atoms with Crippen molar-refractivity contribution in [3.63, 3.8) is 0 Å². The van der Waals surface area contributed by atoms with Crippen LogP contribution in [0.25, 0.3) is 0 Å². The topological polar surface area (TPSA) is 41.5 Å². The zero-order valence-electron chi connectivity index (χ0n) is 8.64. The quantitative estimate of drug-likeness (QED) is 0.839. The van der Waals surface area contributed by atoms with E-state index in [0.717, 1.165) is 0 Å². The molecule has 0 saturated carbocycles. The van der Waals surface area contributed by atoms with Gasteiger partial charge in [0, 0.05) is 6.54 Å². The van der Waals surface area contributed by atoms with Gasteiger partial charge in [-0.25, -0.2) is 0 Å². The first-order valence-electron chi connectivity index (χ1n) is 4.56. The van der Waals surface area contributed by atoms with Gasteiger partial charge in [0.05, 0.1) is 13.7 Å². The van der Waals surface area contributed by atoms with E-state index in [-0.39, 0.29) is 12.3 Å². The summed E-state index contributed by atoms with van der Waals surface area (Å²) >= 11 is 0. The van der Waals surface area contributed by atoms with Crippen LogP contribution in [0.15, 0.2) is 18.2 Å². The average molecular weight is 235 g/mol. The molecule has 0 bridgehead atoms. The molecule has 0 fully saturated rings. The molecule has 6 heteroatoms. The molecule has 0 aliphatic rings. The molecule has 0 saturated heterocycles. The lowest BCUT2D eigenvalue weighted by Gasteiger charge is -2.09. The fraction of sp³-hybridized carbons (Fsp3) is 0.400. The highest BCUT2D eigenvalue weighted by atomic mass is 19.4. The summed E-state index contributed by atoms with van der Waals surface area (Å²) in [5, 5.41) is 11.6. The standard InChI is InChI=1S/C10H12F3NO2/c1-16-9-3-2-7(4-8(9)15)5-14-6-10(11,12)13/h2-4,14-15H,5-6H2,1H3. The molecule has 0 amide bonds. The predicted octanol–water partition coefficient (Wildman–Crippen LogP) is 2.05. The van der Waals surface area contributed by atoms with Crippen LogP contribution in [0.2, 0.25) is 0 Å². The van der Waals surface area contributed by atoms with Crippen LogP contribution in [0.4, 0.5) is 13.2 Å². The number of hydrogen-bond donors (Lipinski definition) is 2. The maximum Gasteiger partial charge on any atom is 0.401 e. The Labute approximate surface area is 90.8 Å². The van der Waals surface area contributed by atoms with Gasteiger partial charge in [-0.15, -0.1) is 0 Å². The third kappa shape index (κ3) is 3.98. The van der Waals surface area contributed by atoms with E-state index in [1.54, 1.807) is 6.07 Å². The van der Waals surface area contributed by atoms with Crippen LogP contribution < -0.4 is 10.1 Å². The second kappa shape index (κ2) is 5.07. The zero-order chi connectivity index (χ0) is 12.2. The molecule has 16 heavy (non-hydrogen) atoms. The molecule has 0 heterocycles. The highest BCUT2D eigenvalue weighted by Gasteiger charge is 2.26. The molecular weight excluding hydrogens is 223 g/mol. The maximum absolute atomic E-state index is 11.8. The van der Waals surface area contributed by atoms with Crippen molar-refractivity contribution >= 4 is 0 Å². The number of nitrogens with one attached hydrogen (secondary N) is 1. The first-order valence-corrected chi connectivity index (χ1v) is 4.56. The number of rotatable bonds is 4. The van der Waals surface area contributed by atoms with Gasteiger partial charge < -0.3 is 15.2 Å². The Morgan fingerprint density at radius 3 is 2.56 bits per heavy atom. The molecular formula is C10H12F3NO2. The van der Waals surface area contributed by atoms with Crippen molar-refractivity contribution in [2.45, 2.75) is 12.7 Å². The Bertz CT molecular complexity index is 352. The lowest BCUT2D eigenvalue weighted by molar-refractivity contribution is -0.125. The zero-order valence-corrected chi connectivity index (χ0v) is 8.64. The van der Waals surface area contributed by atoms with Crippen LogP contribution in [0.1, 0.15) is 5.56 Å². The van der Waals surface area contributed by atoms with Crippen LogP contribution in [0, 0.1) is 0 Å². The summed E-state index contributed by atoms with van der Waals surface area (Å²) in [6, 6.07) is 4.45. The van der Waals surface area contributed by atoms with Gasteiger partial charge in [0.15, 0.2) is 11.5 Å². The SMILES string of the molecule is COc1ccc(CNCC(F)(F)F)cc1O. The monoisotopic (exact) mass is 235 g/mol. The highest BCUT2D eigenvalue weighted by Crippen LogP contribution is 2.26. The van der Waals surface area contributed by atoms with Gasteiger partial charge in [-0.3, -0.25) is 0 Å². The van der Waals surface area contributed by atoms with Crippen molar-refractivity contribution in [1.82, 2.24) is 5.32 Å². The summed E-state index contributed by atoms with van der Waals surface area (Å²) in [4.78, 5) is 0. The number of hydrogen-bond acceptors (Lipinski definition) is 3. The molecule has 2 N–H and O–H groups in total. The van der Waals surface area contributed by atoms with Gasteiger partial charge in [0.1, 0.15) is 0 Å². The minimum absolute atomic E-state index is 0.0388. The first-order chi connectivity index (χ1) is 7.42.